The van der Waals surface area contributed by atoms with Gasteiger partial charge >= 0.3 is 0 Å². The second kappa shape index (κ2) is 5.08. The Morgan fingerprint density at radius 1 is 1.33 bits per heavy atom. The van der Waals surface area contributed by atoms with E-state index in [0.717, 1.165) is 10.9 Å². The third kappa shape index (κ3) is 3.02. The smallest absolute Gasteiger partial charge is 0.0413 e. The molecule has 2 rings (SSSR count). The highest BCUT2D eigenvalue weighted by atomic mass is 79.9. The van der Waals surface area contributed by atoms with Gasteiger partial charge in [-0.15, -0.1) is 0 Å². The maximum absolute atomic E-state index is 6.12. The van der Waals surface area contributed by atoms with Crippen LogP contribution in [0.1, 0.15) is 31.4 Å². The summed E-state index contributed by atoms with van der Waals surface area (Å²) in [7, 11) is 0. The van der Waals surface area contributed by atoms with Gasteiger partial charge in [0, 0.05) is 22.4 Å². The van der Waals surface area contributed by atoms with Crippen LogP contribution in [-0.2, 0) is 6.42 Å². The number of nitrogens with zero attached hydrogens (tertiary/aromatic N) is 1. The third-order valence-corrected chi connectivity index (χ3v) is 3.70. The van der Waals surface area contributed by atoms with E-state index < -0.39 is 0 Å². The lowest BCUT2D eigenvalue weighted by molar-refractivity contribution is 0.304. The van der Waals surface area contributed by atoms with Crippen molar-refractivity contribution in [2.45, 2.75) is 38.1 Å². The van der Waals surface area contributed by atoms with Crippen LogP contribution in [-0.4, -0.2) is 11.0 Å². The first kappa shape index (κ1) is 11.1. The minimum Gasteiger partial charge on any atom is -0.327 e. The van der Waals surface area contributed by atoms with Crippen LogP contribution in [0.2, 0.25) is 0 Å². The van der Waals surface area contributed by atoms with Crippen molar-refractivity contribution in [2.24, 2.45) is 11.7 Å². The van der Waals surface area contributed by atoms with Crippen molar-refractivity contribution in [2.75, 3.05) is 0 Å². The lowest BCUT2D eigenvalue weighted by Crippen LogP contribution is -2.34. The predicted octanol–water partition coefficient (Wildman–Crippen LogP) is 2.90. The maximum atomic E-state index is 6.12. The predicted molar refractivity (Wildman–Crippen MR) is 65.6 cm³/mol. The van der Waals surface area contributed by atoms with E-state index in [9.17, 15) is 0 Å². The molecule has 1 heterocycles. The van der Waals surface area contributed by atoms with Crippen molar-refractivity contribution >= 4 is 15.9 Å². The Kier molecular flexibility index (Phi) is 3.76. The molecule has 0 radical (unpaired) electrons. The topological polar surface area (TPSA) is 38.9 Å². The molecule has 0 amide bonds. The van der Waals surface area contributed by atoms with Crippen LogP contribution in [0.25, 0.3) is 0 Å². The molecule has 3 heteroatoms. The van der Waals surface area contributed by atoms with Gasteiger partial charge in [-0.1, -0.05) is 12.8 Å². The van der Waals surface area contributed by atoms with Gasteiger partial charge in [-0.25, -0.2) is 0 Å². The van der Waals surface area contributed by atoms with Crippen LogP contribution >= 0.6 is 15.9 Å². The Hall–Kier alpha value is -0.410. The zero-order chi connectivity index (χ0) is 10.7. The van der Waals surface area contributed by atoms with Gasteiger partial charge in [0.15, 0.2) is 0 Å². The first-order chi connectivity index (χ1) is 7.25. The molecule has 2 nitrogen and oxygen atoms in total. The lowest BCUT2D eigenvalue weighted by Gasteiger charge is -2.28. The van der Waals surface area contributed by atoms with Crippen molar-refractivity contribution in [1.29, 1.82) is 0 Å². The normalized spacial score (nSPS) is 26.5. The van der Waals surface area contributed by atoms with Crippen molar-refractivity contribution in [3.05, 3.63) is 28.5 Å². The highest BCUT2D eigenvalue weighted by Crippen LogP contribution is 2.25. The number of rotatable bonds is 2. The molecule has 15 heavy (non-hydrogen) atoms. The molecule has 2 N–H and O–H groups in total. The van der Waals surface area contributed by atoms with Crippen LogP contribution in [0, 0.1) is 5.92 Å². The summed E-state index contributed by atoms with van der Waals surface area (Å²) in [4.78, 5) is 4.40. The van der Waals surface area contributed by atoms with E-state index in [1.165, 1.54) is 31.4 Å². The fraction of sp³-hybridized carbons (Fsp3) is 0.583. The second-order valence-electron chi connectivity index (χ2n) is 4.38. The zero-order valence-corrected chi connectivity index (χ0v) is 10.4. The number of aromatic nitrogens is 1. The Bertz CT molecular complexity index is 310. The SMILES string of the molecule is NC1CCCCC1Cc1ccc(Br)cn1. The molecule has 0 aromatic carbocycles. The molecule has 0 aliphatic heterocycles. The molecule has 2 atom stereocenters. The van der Waals surface area contributed by atoms with Crippen molar-refractivity contribution in [1.82, 2.24) is 4.98 Å². The van der Waals surface area contributed by atoms with Crippen LogP contribution in [0.15, 0.2) is 22.8 Å². The van der Waals surface area contributed by atoms with E-state index in [1.807, 2.05) is 6.20 Å². The molecular formula is C12H17BrN2. The Morgan fingerprint density at radius 3 is 2.80 bits per heavy atom. The van der Waals surface area contributed by atoms with Gasteiger partial charge < -0.3 is 5.73 Å². The number of nitrogens with two attached hydrogens (primary N) is 1. The Balaban J connectivity index is 1.98. The third-order valence-electron chi connectivity index (χ3n) is 3.23. The first-order valence-electron chi connectivity index (χ1n) is 5.62. The van der Waals surface area contributed by atoms with Crippen LogP contribution in [0.4, 0.5) is 0 Å². The van der Waals surface area contributed by atoms with Gasteiger partial charge in [0.2, 0.25) is 0 Å². The highest BCUT2D eigenvalue weighted by Gasteiger charge is 2.22. The minimum absolute atomic E-state index is 0.379. The molecule has 0 bridgehead atoms. The standard InChI is InChI=1S/C12H17BrN2/c13-10-5-6-11(15-8-10)7-9-3-1-2-4-12(9)14/h5-6,8-9,12H,1-4,7,14H2. The van der Waals surface area contributed by atoms with Gasteiger partial charge in [0.05, 0.1) is 0 Å². The minimum atomic E-state index is 0.379. The van der Waals surface area contributed by atoms with Gasteiger partial charge in [0.25, 0.3) is 0 Å². The van der Waals surface area contributed by atoms with Crippen molar-refractivity contribution < 1.29 is 0 Å². The highest BCUT2D eigenvalue weighted by molar-refractivity contribution is 9.10. The molecule has 2 unspecified atom stereocenters. The van der Waals surface area contributed by atoms with E-state index in [1.54, 1.807) is 0 Å². The van der Waals surface area contributed by atoms with Crippen molar-refractivity contribution in [3.8, 4) is 0 Å². The van der Waals surface area contributed by atoms with E-state index in [0.29, 0.717) is 12.0 Å². The van der Waals surface area contributed by atoms with Gasteiger partial charge in [-0.3, -0.25) is 4.98 Å². The summed E-state index contributed by atoms with van der Waals surface area (Å²) >= 11 is 3.40. The molecule has 1 fully saturated rings. The summed E-state index contributed by atoms with van der Waals surface area (Å²) in [6, 6.07) is 4.52. The van der Waals surface area contributed by atoms with Gasteiger partial charge in [0.1, 0.15) is 0 Å². The monoisotopic (exact) mass is 268 g/mol. The van der Waals surface area contributed by atoms with E-state index in [-0.39, 0.29) is 0 Å². The van der Waals surface area contributed by atoms with Crippen LogP contribution in [0.5, 0.6) is 0 Å². The Labute approximate surface area is 99.4 Å². The first-order valence-corrected chi connectivity index (χ1v) is 6.41. The van der Waals surface area contributed by atoms with E-state index in [2.05, 4.69) is 33.0 Å². The summed E-state index contributed by atoms with van der Waals surface area (Å²) < 4.78 is 1.04. The average molecular weight is 269 g/mol. The zero-order valence-electron chi connectivity index (χ0n) is 8.82. The molecule has 1 aromatic heterocycles. The number of hydrogen-bond donors (Lipinski definition) is 1. The summed E-state index contributed by atoms with van der Waals surface area (Å²) in [5.74, 6) is 0.632. The molecule has 1 aromatic rings. The van der Waals surface area contributed by atoms with E-state index >= 15 is 0 Å². The fourth-order valence-electron chi connectivity index (χ4n) is 2.29. The average Bonchev–Trinajstić information content (AvgIpc) is 2.25. The summed E-state index contributed by atoms with van der Waals surface area (Å²) in [5.41, 5.74) is 7.29. The molecule has 0 spiro atoms. The van der Waals surface area contributed by atoms with Gasteiger partial charge in [-0.05, 0) is 53.2 Å². The summed E-state index contributed by atoms with van der Waals surface area (Å²) in [6.07, 6.45) is 7.97. The molecule has 1 aliphatic carbocycles. The molecule has 1 saturated carbocycles. The molecule has 0 saturated heterocycles. The van der Waals surface area contributed by atoms with E-state index in [4.69, 9.17) is 5.73 Å². The molecule has 1 aliphatic rings. The number of halogens is 1. The summed E-state index contributed by atoms with van der Waals surface area (Å²) in [6.45, 7) is 0. The quantitative estimate of drug-likeness (QED) is 0.896. The molecular weight excluding hydrogens is 252 g/mol. The van der Waals surface area contributed by atoms with Crippen LogP contribution < -0.4 is 5.73 Å². The largest absolute Gasteiger partial charge is 0.327 e. The fourth-order valence-corrected chi connectivity index (χ4v) is 2.52. The van der Waals surface area contributed by atoms with Crippen molar-refractivity contribution in [3.63, 3.8) is 0 Å². The van der Waals surface area contributed by atoms with Gasteiger partial charge in [-0.2, -0.15) is 0 Å². The van der Waals surface area contributed by atoms with Crippen LogP contribution in [0.3, 0.4) is 0 Å². The second-order valence-corrected chi connectivity index (χ2v) is 5.30. The maximum Gasteiger partial charge on any atom is 0.0413 e. The lowest BCUT2D eigenvalue weighted by atomic mass is 9.82. The number of pyridine rings is 1. The number of hydrogen-bond acceptors (Lipinski definition) is 2. The molecule has 82 valence electrons. The Morgan fingerprint density at radius 2 is 2.13 bits per heavy atom. The summed E-state index contributed by atoms with van der Waals surface area (Å²) in [5, 5.41) is 0.